The second-order valence-electron chi connectivity index (χ2n) is 6.84. The zero-order valence-electron chi connectivity index (χ0n) is 14.1. The van der Waals surface area contributed by atoms with E-state index in [4.69, 9.17) is 0 Å². The standard InChI is InChI=1S/C18H25FN2O2/c1-4-18(2,3)20-17(23)14-11-16(22)21(12-14)10-9-13-5-7-15(19)8-6-13/h5-8,14H,4,9-12H2,1-3H3,(H,20,23)/t14-/m1/s1. The summed E-state index contributed by atoms with van der Waals surface area (Å²) in [5, 5.41) is 3.01. The molecule has 1 heterocycles. The number of carbonyl (C=O) groups excluding carboxylic acids is 2. The Hall–Kier alpha value is -1.91. The van der Waals surface area contributed by atoms with Crippen LogP contribution in [0.15, 0.2) is 24.3 Å². The Bertz CT molecular complexity index is 569. The lowest BCUT2D eigenvalue weighted by molar-refractivity contribution is -0.129. The zero-order valence-corrected chi connectivity index (χ0v) is 14.1. The zero-order chi connectivity index (χ0) is 17.0. The minimum absolute atomic E-state index is 0.0153. The summed E-state index contributed by atoms with van der Waals surface area (Å²) in [6.45, 7) is 7.01. The molecule has 0 radical (unpaired) electrons. The highest BCUT2D eigenvalue weighted by atomic mass is 19.1. The Morgan fingerprint density at radius 1 is 1.35 bits per heavy atom. The summed E-state index contributed by atoms with van der Waals surface area (Å²) in [6.07, 6.45) is 1.78. The van der Waals surface area contributed by atoms with Crippen molar-refractivity contribution < 1.29 is 14.0 Å². The molecule has 0 spiro atoms. The van der Waals surface area contributed by atoms with Gasteiger partial charge in [-0.05, 0) is 44.4 Å². The van der Waals surface area contributed by atoms with Gasteiger partial charge < -0.3 is 10.2 Å². The SMILES string of the molecule is CCC(C)(C)NC(=O)[C@@H]1CC(=O)N(CCc2ccc(F)cc2)C1. The minimum atomic E-state index is -0.276. The predicted molar refractivity (Wildman–Crippen MR) is 87.3 cm³/mol. The van der Waals surface area contributed by atoms with E-state index in [1.165, 1.54) is 12.1 Å². The fraction of sp³-hybridized carbons (Fsp3) is 0.556. The Morgan fingerprint density at radius 3 is 2.61 bits per heavy atom. The first-order chi connectivity index (χ1) is 10.8. The van der Waals surface area contributed by atoms with Crippen LogP contribution in [0.25, 0.3) is 0 Å². The third-order valence-electron chi connectivity index (χ3n) is 4.51. The molecule has 1 atom stereocenters. The molecule has 2 amide bonds. The van der Waals surface area contributed by atoms with E-state index in [2.05, 4.69) is 5.32 Å². The first-order valence-electron chi connectivity index (χ1n) is 8.15. The van der Waals surface area contributed by atoms with Gasteiger partial charge in [0.25, 0.3) is 0 Å². The number of halogens is 1. The molecule has 0 saturated carbocycles. The molecule has 23 heavy (non-hydrogen) atoms. The summed E-state index contributed by atoms with van der Waals surface area (Å²) in [5.41, 5.74) is 0.737. The van der Waals surface area contributed by atoms with E-state index in [1.807, 2.05) is 20.8 Å². The summed E-state index contributed by atoms with van der Waals surface area (Å²) < 4.78 is 12.9. The van der Waals surface area contributed by atoms with E-state index in [1.54, 1.807) is 17.0 Å². The highest BCUT2D eigenvalue weighted by Gasteiger charge is 2.35. The predicted octanol–water partition coefficient (Wildman–Crippen LogP) is 2.52. The third-order valence-corrected chi connectivity index (χ3v) is 4.51. The number of benzene rings is 1. The van der Waals surface area contributed by atoms with Crippen molar-refractivity contribution in [3.63, 3.8) is 0 Å². The quantitative estimate of drug-likeness (QED) is 0.875. The largest absolute Gasteiger partial charge is 0.351 e. The Morgan fingerprint density at radius 2 is 2.00 bits per heavy atom. The van der Waals surface area contributed by atoms with Crippen molar-refractivity contribution >= 4 is 11.8 Å². The van der Waals surface area contributed by atoms with Crippen LogP contribution >= 0.6 is 0 Å². The maximum atomic E-state index is 12.9. The van der Waals surface area contributed by atoms with Crippen molar-refractivity contribution in [1.29, 1.82) is 0 Å². The average molecular weight is 320 g/mol. The monoisotopic (exact) mass is 320 g/mol. The van der Waals surface area contributed by atoms with E-state index >= 15 is 0 Å². The fourth-order valence-electron chi connectivity index (χ4n) is 2.60. The van der Waals surface area contributed by atoms with Gasteiger partial charge in [-0.25, -0.2) is 4.39 Å². The number of rotatable bonds is 6. The molecule has 1 N–H and O–H groups in total. The fourth-order valence-corrected chi connectivity index (χ4v) is 2.60. The number of nitrogens with one attached hydrogen (secondary N) is 1. The van der Waals surface area contributed by atoms with Gasteiger partial charge in [-0.2, -0.15) is 0 Å². The third kappa shape index (κ3) is 4.78. The first kappa shape index (κ1) is 17.4. The molecule has 2 rings (SSSR count). The molecule has 0 unspecified atom stereocenters. The molecule has 1 aliphatic heterocycles. The van der Waals surface area contributed by atoms with E-state index in [0.29, 0.717) is 19.5 Å². The maximum Gasteiger partial charge on any atom is 0.225 e. The van der Waals surface area contributed by atoms with Crippen LogP contribution in [0.5, 0.6) is 0 Å². The van der Waals surface area contributed by atoms with E-state index in [-0.39, 0.29) is 35.5 Å². The summed E-state index contributed by atoms with van der Waals surface area (Å²) in [6, 6.07) is 6.29. The average Bonchev–Trinajstić information content (AvgIpc) is 2.88. The van der Waals surface area contributed by atoms with Crippen LogP contribution in [0, 0.1) is 11.7 Å². The molecule has 126 valence electrons. The maximum absolute atomic E-state index is 12.9. The minimum Gasteiger partial charge on any atom is -0.351 e. The number of nitrogens with zero attached hydrogens (tertiary/aromatic N) is 1. The lowest BCUT2D eigenvalue weighted by Crippen LogP contribution is -2.46. The van der Waals surface area contributed by atoms with Crippen molar-refractivity contribution in [3.8, 4) is 0 Å². The van der Waals surface area contributed by atoms with Crippen molar-refractivity contribution in [3.05, 3.63) is 35.6 Å². The molecule has 1 saturated heterocycles. The summed E-state index contributed by atoms with van der Waals surface area (Å²) >= 11 is 0. The van der Waals surface area contributed by atoms with Crippen molar-refractivity contribution in [2.75, 3.05) is 13.1 Å². The summed E-state index contributed by atoms with van der Waals surface area (Å²) in [7, 11) is 0. The van der Waals surface area contributed by atoms with Crippen LogP contribution in [0.4, 0.5) is 4.39 Å². The van der Waals surface area contributed by atoms with Gasteiger partial charge in [0.05, 0.1) is 5.92 Å². The van der Waals surface area contributed by atoms with Gasteiger partial charge in [0.1, 0.15) is 5.82 Å². The summed E-state index contributed by atoms with van der Waals surface area (Å²) in [5.74, 6) is -0.570. The molecular weight excluding hydrogens is 295 g/mol. The number of hydrogen-bond acceptors (Lipinski definition) is 2. The lowest BCUT2D eigenvalue weighted by atomic mass is 9.99. The number of amides is 2. The molecule has 4 nitrogen and oxygen atoms in total. The van der Waals surface area contributed by atoms with E-state index in [9.17, 15) is 14.0 Å². The van der Waals surface area contributed by atoms with Gasteiger partial charge in [-0.3, -0.25) is 9.59 Å². The van der Waals surface area contributed by atoms with Crippen molar-refractivity contribution in [2.45, 2.75) is 45.6 Å². The number of likely N-dealkylation sites (tertiary alicyclic amines) is 1. The molecular formula is C18H25FN2O2. The van der Waals surface area contributed by atoms with Crippen LogP contribution in [0.1, 0.15) is 39.2 Å². The molecule has 1 aliphatic rings. The van der Waals surface area contributed by atoms with Crippen molar-refractivity contribution in [1.82, 2.24) is 10.2 Å². The van der Waals surface area contributed by atoms with Crippen LogP contribution in [-0.4, -0.2) is 35.3 Å². The molecule has 0 bridgehead atoms. The lowest BCUT2D eigenvalue weighted by Gasteiger charge is -2.26. The number of hydrogen-bond donors (Lipinski definition) is 1. The van der Waals surface area contributed by atoms with Crippen LogP contribution in [0.3, 0.4) is 0 Å². The summed E-state index contributed by atoms with van der Waals surface area (Å²) in [4.78, 5) is 26.1. The Kier molecular flexibility index (Phi) is 5.39. The van der Waals surface area contributed by atoms with Crippen molar-refractivity contribution in [2.24, 2.45) is 5.92 Å². The second kappa shape index (κ2) is 7.11. The smallest absolute Gasteiger partial charge is 0.225 e. The van der Waals surface area contributed by atoms with Crippen LogP contribution in [-0.2, 0) is 16.0 Å². The molecule has 1 aromatic rings. The van der Waals surface area contributed by atoms with Gasteiger partial charge in [-0.1, -0.05) is 19.1 Å². The van der Waals surface area contributed by atoms with E-state index < -0.39 is 0 Å². The van der Waals surface area contributed by atoms with Gasteiger partial charge in [0.15, 0.2) is 0 Å². The van der Waals surface area contributed by atoms with Gasteiger partial charge in [0.2, 0.25) is 11.8 Å². The molecule has 0 aromatic heterocycles. The molecule has 1 aromatic carbocycles. The highest BCUT2D eigenvalue weighted by Crippen LogP contribution is 2.20. The second-order valence-corrected chi connectivity index (χ2v) is 6.84. The van der Waals surface area contributed by atoms with E-state index in [0.717, 1.165) is 12.0 Å². The van der Waals surface area contributed by atoms with Gasteiger partial charge >= 0.3 is 0 Å². The van der Waals surface area contributed by atoms with Gasteiger partial charge in [-0.15, -0.1) is 0 Å². The molecule has 0 aliphatic carbocycles. The Labute approximate surface area is 137 Å². The highest BCUT2D eigenvalue weighted by molar-refractivity contribution is 5.89. The molecule has 1 fully saturated rings. The molecule has 5 heteroatoms. The number of carbonyl (C=O) groups is 2. The Balaban J connectivity index is 1.87. The topological polar surface area (TPSA) is 49.4 Å². The normalized spacial score (nSPS) is 18.3. The van der Waals surface area contributed by atoms with Crippen LogP contribution < -0.4 is 5.32 Å². The first-order valence-corrected chi connectivity index (χ1v) is 8.15. The van der Waals surface area contributed by atoms with Crippen LogP contribution in [0.2, 0.25) is 0 Å². The van der Waals surface area contributed by atoms with Gasteiger partial charge in [0, 0.05) is 25.0 Å².